The third-order valence-corrected chi connectivity index (χ3v) is 7.08. The number of pyridine rings is 2. The molecule has 2 aromatic rings. The van der Waals surface area contributed by atoms with Gasteiger partial charge in [-0.2, -0.15) is 0 Å². The lowest BCUT2D eigenvalue weighted by Gasteiger charge is -2.32. The number of hydrogen-bond acceptors (Lipinski definition) is 5. The van der Waals surface area contributed by atoms with E-state index in [-0.39, 0.29) is 11.8 Å². The van der Waals surface area contributed by atoms with Gasteiger partial charge in [0, 0.05) is 49.0 Å². The van der Waals surface area contributed by atoms with E-state index in [4.69, 9.17) is 11.6 Å². The summed E-state index contributed by atoms with van der Waals surface area (Å²) < 4.78 is 25.6. The number of sulfonamides is 1. The van der Waals surface area contributed by atoms with E-state index in [1.807, 2.05) is 24.3 Å². The van der Waals surface area contributed by atoms with Gasteiger partial charge in [0.15, 0.2) is 0 Å². The van der Waals surface area contributed by atoms with E-state index >= 15 is 0 Å². The van der Waals surface area contributed by atoms with Crippen molar-refractivity contribution in [2.75, 3.05) is 18.8 Å². The number of nitrogens with zero attached hydrogens (tertiary/aromatic N) is 3. The fourth-order valence-electron chi connectivity index (χ4n) is 3.26. The minimum Gasteiger partial charge on any atom is -0.382 e. The first-order valence-electron chi connectivity index (χ1n) is 9.56. The van der Waals surface area contributed by atoms with Gasteiger partial charge in [-0.25, -0.2) is 17.7 Å². The van der Waals surface area contributed by atoms with Gasteiger partial charge in [-0.1, -0.05) is 36.4 Å². The second-order valence-corrected chi connectivity index (χ2v) is 9.55. The molecule has 0 aromatic carbocycles. The highest BCUT2D eigenvalue weighted by atomic mass is 35.5. The van der Waals surface area contributed by atoms with Crippen molar-refractivity contribution in [2.45, 2.75) is 25.8 Å². The minimum atomic E-state index is -3.12. The second kappa shape index (κ2) is 9.52. The molecule has 0 saturated carbocycles. The SMILES string of the molecule is C=C(NC1CCN(S(=O)(=O)CC)CC1)c1cnccc1/C=C/c1ccc(Cl)nc1. The van der Waals surface area contributed by atoms with Crippen LogP contribution >= 0.6 is 11.6 Å². The van der Waals surface area contributed by atoms with Crippen molar-refractivity contribution in [1.82, 2.24) is 19.6 Å². The molecule has 3 rings (SSSR count). The number of rotatable bonds is 7. The minimum absolute atomic E-state index is 0.145. The van der Waals surface area contributed by atoms with Crippen LogP contribution in [0.3, 0.4) is 0 Å². The summed E-state index contributed by atoms with van der Waals surface area (Å²) in [6, 6.07) is 5.76. The van der Waals surface area contributed by atoms with Crippen LogP contribution in [0, 0.1) is 0 Å². The first-order valence-corrected chi connectivity index (χ1v) is 11.5. The van der Waals surface area contributed by atoms with Gasteiger partial charge in [0.1, 0.15) is 5.15 Å². The number of hydrogen-bond donors (Lipinski definition) is 1. The molecule has 3 heterocycles. The van der Waals surface area contributed by atoms with E-state index < -0.39 is 10.0 Å². The summed E-state index contributed by atoms with van der Waals surface area (Å²) in [6.45, 7) is 6.93. The highest BCUT2D eigenvalue weighted by molar-refractivity contribution is 7.89. The Balaban J connectivity index is 1.65. The maximum atomic E-state index is 12.0. The lowest BCUT2D eigenvalue weighted by atomic mass is 10.0. The number of halogens is 1. The summed E-state index contributed by atoms with van der Waals surface area (Å²) in [6.07, 6.45) is 10.7. The second-order valence-electron chi connectivity index (χ2n) is 6.91. The van der Waals surface area contributed by atoms with Crippen molar-refractivity contribution in [1.29, 1.82) is 0 Å². The first-order chi connectivity index (χ1) is 13.9. The van der Waals surface area contributed by atoms with Crippen LogP contribution in [0.25, 0.3) is 17.8 Å². The fourth-order valence-corrected chi connectivity index (χ4v) is 4.50. The van der Waals surface area contributed by atoms with Crippen molar-refractivity contribution >= 4 is 39.5 Å². The Kier molecular flexibility index (Phi) is 7.05. The van der Waals surface area contributed by atoms with Crippen LogP contribution in [0.15, 0.2) is 43.4 Å². The van der Waals surface area contributed by atoms with Crippen LogP contribution in [0.5, 0.6) is 0 Å². The van der Waals surface area contributed by atoms with Gasteiger partial charge in [-0.3, -0.25) is 4.98 Å². The zero-order valence-electron chi connectivity index (χ0n) is 16.4. The quantitative estimate of drug-likeness (QED) is 0.675. The van der Waals surface area contributed by atoms with E-state index in [9.17, 15) is 8.42 Å². The summed E-state index contributed by atoms with van der Waals surface area (Å²) in [5.41, 5.74) is 3.62. The third kappa shape index (κ3) is 5.65. The maximum absolute atomic E-state index is 12.0. The van der Waals surface area contributed by atoms with Gasteiger partial charge in [-0.15, -0.1) is 0 Å². The van der Waals surface area contributed by atoms with E-state index in [1.54, 1.807) is 35.9 Å². The van der Waals surface area contributed by atoms with E-state index in [2.05, 4.69) is 21.9 Å². The van der Waals surface area contributed by atoms with Crippen LogP contribution in [0.4, 0.5) is 0 Å². The highest BCUT2D eigenvalue weighted by Crippen LogP contribution is 2.21. The van der Waals surface area contributed by atoms with Crippen molar-refractivity contribution in [3.05, 3.63) is 65.2 Å². The molecule has 2 aromatic heterocycles. The van der Waals surface area contributed by atoms with Crippen LogP contribution in [-0.2, 0) is 10.0 Å². The Bertz CT molecular complexity index is 982. The standard InChI is InChI=1S/C21H25ClN4O2S/c1-3-29(27,28)26-12-9-19(10-13-26)25-16(2)20-15-23-11-8-18(20)6-4-17-5-7-21(22)24-14-17/h4-8,11,14-15,19,25H,2-3,9-10,12-13H2,1H3/b6-4+. The molecule has 1 N–H and O–H groups in total. The Morgan fingerprint density at radius 3 is 2.69 bits per heavy atom. The van der Waals surface area contributed by atoms with E-state index in [0.29, 0.717) is 18.2 Å². The molecule has 0 atom stereocenters. The largest absolute Gasteiger partial charge is 0.382 e. The Morgan fingerprint density at radius 1 is 1.28 bits per heavy atom. The van der Waals surface area contributed by atoms with Gasteiger partial charge in [0.2, 0.25) is 10.0 Å². The summed E-state index contributed by atoms with van der Waals surface area (Å²) >= 11 is 5.83. The molecule has 0 amide bonds. The summed E-state index contributed by atoms with van der Waals surface area (Å²) in [4.78, 5) is 8.31. The fraction of sp³-hybridized carbons (Fsp3) is 0.333. The van der Waals surface area contributed by atoms with Crippen molar-refractivity contribution in [3.8, 4) is 0 Å². The molecule has 1 aliphatic rings. The van der Waals surface area contributed by atoms with Gasteiger partial charge in [0.25, 0.3) is 0 Å². The smallest absolute Gasteiger partial charge is 0.213 e. The van der Waals surface area contributed by atoms with Crippen LogP contribution in [-0.4, -0.2) is 47.6 Å². The average Bonchev–Trinajstić information content (AvgIpc) is 2.74. The highest BCUT2D eigenvalue weighted by Gasteiger charge is 2.26. The Hall–Kier alpha value is -2.22. The predicted molar refractivity (Wildman–Crippen MR) is 119 cm³/mol. The zero-order valence-corrected chi connectivity index (χ0v) is 18.0. The lowest BCUT2D eigenvalue weighted by Crippen LogP contribution is -2.44. The summed E-state index contributed by atoms with van der Waals surface area (Å²) in [5.74, 6) is 0.145. The monoisotopic (exact) mass is 432 g/mol. The molecule has 0 spiro atoms. The summed E-state index contributed by atoms with van der Waals surface area (Å²) in [7, 11) is -3.12. The zero-order chi connectivity index (χ0) is 20.9. The number of nitrogens with one attached hydrogen (secondary N) is 1. The van der Waals surface area contributed by atoms with Crippen LogP contribution < -0.4 is 5.32 Å². The molecule has 1 saturated heterocycles. The molecule has 6 nitrogen and oxygen atoms in total. The van der Waals surface area contributed by atoms with Crippen molar-refractivity contribution < 1.29 is 8.42 Å². The third-order valence-electron chi connectivity index (χ3n) is 4.98. The molecule has 154 valence electrons. The molecule has 0 aliphatic carbocycles. The molecule has 1 aliphatic heterocycles. The normalized spacial score (nSPS) is 16.2. The molecule has 0 bridgehead atoms. The lowest BCUT2D eigenvalue weighted by molar-refractivity contribution is 0.306. The molecular weight excluding hydrogens is 408 g/mol. The number of piperidine rings is 1. The molecule has 0 radical (unpaired) electrons. The van der Waals surface area contributed by atoms with Gasteiger partial charge in [0.05, 0.1) is 5.75 Å². The maximum Gasteiger partial charge on any atom is 0.213 e. The molecule has 0 unspecified atom stereocenters. The first kappa shape index (κ1) is 21.5. The molecular formula is C21H25ClN4O2S. The number of aromatic nitrogens is 2. The van der Waals surface area contributed by atoms with Crippen LogP contribution in [0.1, 0.15) is 36.5 Å². The molecule has 8 heteroatoms. The van der Waals surface area contributed by atoms with E-state index in [0.717, 1.165) is 35.2 Å². The Labute approximate surface area is 177 Å². The van der Waals surface area contributed by atoms with Crippen molar-refractivity contribution in [3.63, 3.8) is 0 Å². The predicted octanol–water partition coefficient (Wildman–Crippen LogP) is 3.67. The Morgan fingerprint density at radius 2 is 2.03 bits per heavy atom. The van der Waals surface area contributed by atoms with Crippen molar-refractivity contribution in [2.24, 2.45) is 0 Å². The summed E-state index contributed by atoms with van der Waals surface area (Å²) in [5, 5.41) is 3.91. The topological polar surface area (TPSA) is 75.2 Å². The molecule has 29 heavy (non-hydrogen) atoms. The van der Waals surface area contributed by atoms with E-state index in [1.165, 1.54) is 0 Å². The van der Waals surface area contributed by atoms with Gasteiger partial charge < -0.3 is 5.32 Å². The molecule has 1 fully saturated rings. The van der Waals surface area contributed by atoms with Crippen LogP contribution in [0.2, 0.25) is 5.15 Å². The average molecular weight is 433 g/mol. The van der Waals surface area contributed by atoms with Gasteiger partial charge in [-0.05, 0) is 43.0 Å². The van der Waals surface area contributed by atoms with Gasteiger partial charge >= 0.3 is 0 Å².